The lowest BCUT2D eigenvalue weighted by Gasteiger charge is -2.16. The number of aromatic nitrogens is 2. The fraction of sp³-hybridized carbons (Fsp3) is 0.429. The summed E-state index contributed by atoms with van der Waals surface area (Å²) in [5.41, 5.74) is 2.15. The number of carbonyl (C=O) groups is 1. The Kier molecular flexibility index (Phi) is 4.44. The predicted molar refractivity (Wildman–Crippen MR) is 80.9 cm³/mol. The van der Waals surface area contributed by atoms with Crippen LogP contribution in [0.2, 0.25) is 0 Å². The van der Waals surface area contributed by atoms with Crippen molar-refractivity contribution in [1.82, 2.24) is 9.55 Å². The molecule has 0 unspecified atom stereocenters. The van der Waals surface area contributed by atoms with Gasteiger partial charge in [-0.15, -0.1) is 11.3 Å². The molecule has 0 radical (unpaired) electrons. The van der Waals surface area contributed by atoms with E-state index in [0.29, 0.717) is 12.2 Å². The molecule has 2 rings (SSSR count). The maximum Gasteiger partial charge on any atom is 0.352 e. The summed E-state index contributed by atoms with van der Waals surface area (Å²) in [6, 6.07) is 1.68. The van der Waals surface area contributed by atoms with E-state index in [9.17, 15) is 9.90 Å². The SMILES string of the molecule is CCN(CC)c1nc(Cn2cc(C)cc2C(=O)O)cs1. The topological polar surface area (TPSA) is 58.4 Å². The van der Waals surface area contributed by atoms with Crippen LogP contribution < -0.4 is 4.90 Å². The van der Waals surface area contributed by atoms with E-state index in [4.69, 9.17) is 0 Å². The van der Waals surface area contributed by atoms with Crippen molar-refractivity contribution in [3.8, 4) is 0 Å². The molecule has 0 aromatic carbocycles. The molecule has 108 valence electrons. The van der Waals surface area contributed by atoms with Gasteiger partial charge < -0.3 is 14.6 Å². The van der Waals surface area contributed by atoms with Gasteiger partial charge in [0.05, 0.1) is 12.2 Å². The zero-order valence-corrected chi connectivity index (χ0v) is 12.8. The summed E-state index contributed by atoms with van der Waals surface area (Å²) >= 11 is 1.60. The second-order valence-electron chi connectivity index (χ2n) is 4.63. The second kappa shape index (κ2) is 6.09. The summed E-state index contributed by atoms with van der Waals surface area (Å²) in [5.74, 6) is -0.905. The van der Waals surface area contributed by atoms with Crippen molar-refractivity contribution in [2.45, 2.75) is 27.3 Å². The molecule has 2 heterocycles. The molecular weight excluding hydrogens is 274 g/mol. The first-order valence-corrected chi connectivity index (χ1v) is 7.52. The van der Waals surface area contributed by atoms with Gasteiger partial charge in [-0.25, -0.2) is 9.78 Å². The van der Waals surface area contributed by atoms with E-state index < -0.39 is 5.97 Å². The monoisotopic (exact) mass is 293 g/mol. The van der Waals surface area contributed by atoms with Crippen LogP contribution in [0, 0.1) is 6.92 Å². The fourth-order valence-corrected chi connectivity index (χ4v) is 3.10. The number of nitrogens with zero attached hydrogens (tertiary/aromatic N) is 3. The van der Waals surface area contributed by atoms with Crippen LogP contribution in [0.4, 0.5) is 5.13 Å². The van der Waals surface area contributed by atoms with Gasteiger partial charge in [0.1, 0.15) is 5.69 Å². The standard InChI is InChI=1S/C14H19N3O2S/c1-4-16(5-2)14-15-11(9-20-14)8-17-7-10(3)6-12(17)13(18)19/h6-7,9H,4-5,8H2,1-3H3,(H,18,19). The lowest BCUT2D eigenvalue weighted by atomic mass is 10.3. The molecule has 2 aromatic rings. The van der Waals surface area contributed by atoms with Gasteiger partial charge in [0.2, 0.25) is 0 Å². The van der Waals surface area contributed by atoms with Gasteiger partial charge >= 0.3 is 5.97 Å². The van der Waals surface area contributed by atoms with Crippen LogP contribution in [-0.2, 0) is 6.54 Å². The van der Waals surface area contributed by atoms with Crippen LogP contribution in [0.3, 0.4) is 0 Å². The van der Waals surface area contributed by atoms with Gasteiger partial charge in [-0.1, -0.05) is 0 Å². The van der Waals surface area contributed by atoms with Crippen molar-refractivity contribution < 1.29 is 9.90 Å². The van der Waals surface area contributed by atoms with E-state index in [0.717, 1.165) is 29.5 Å². The van der Waals surface area contributed by atoms with Crippen molar-refractivity contribution in [3.63, 3.8) is 0 Å². The van der Waals surface area contributed by atoms with Crippen molar-refractivity contribution >= 4 is 22.4 Å². The first-order valence-electron chi connectivity index (χ1n) is 6.64. The number of rotatable bonds is 6. The zero-order chi connectivity index (χ0) is 14.7. The number of anilines is 1. The molecular formula is C14H19N3O2S. The third kappa shape index (κ3) is 3.01. The Morgan fingerprint density at radius 1 is 1.45 bits per heavy atom. The minimum absolute atomic E-state index is 0.305. The number of carboxylic acids is 1. The van der Waals surface area contributed by atoms with E-state index in [1.54, 1.807) is 22.0 Å². The van der Waals surface area contributed by atoms with Crippen LogP contribution in [0.25, 0.3) is 0 Å². The predicted octanol–water partition coefficient (Wildman–Crippen LogP) is 2.85. The Labute approximate surface area is 122 Å². The smallest absolute Gasteiger partial charge is 0.352 e. The van der Waals surface area contributed by atoms with Crippen LogP contribution in [0.15, 0.2) is 17.6 Å². The number of hydrogen-bond donors (Lipinski definition) is 1. The molecule has 6 heteroatoms. The number of aryl methyl sites for hydroxylation is 1. The molecule has 0 aliphatic carbocycles. The van der Waals surface area contributed by atoms with Gasteiger partial charge in [0.25, 0.3) is 0 Å². The summed E-state index contributed by atoms with van der Waals surface area (Å²) in [6.45, 7) is 8.43. The van der Waals surface area contributed by atoms with Gasteiger partial charge in [-0.05, 0) is 32.4 Å². The largest absolute Gasteiger partial charge is 0.477 e. The molecule has 0 atom stereocenters. The summed E-state index contributed by atoms with van der Waals surface area (Å²) < 4.78 is 1.73. The first kappa shape index (κ1) is 14.6. The van der Waals surface area contributed by atoms with Crippen LogP contribution >= 0.6 is 11.3 Å². The average Bonchev–Trinajstić information content (AvgIpc) is 2.99. The van der Waals surface area contributed by atoms with Crippen molar-refractivity contribution in [1.29, 1.82) is 0 Å². The molecule has 0 amide bonds. The highest BCUT2D eigenvalue weighted by atomic mass is 32.1. The zero-order valence-electron chi connectivity index (χ0n) is 12.0. The molecule has 0 bridgehead atoms. The van der Waals surface area contributed by atoms with Crippen molar-refractivity contribution in [2.24, 2.45) is 0 Å². The molecule has 5 nitrogen and oxygen atoms in total. The highest BCUT2D eigenvalue weighted by molar-refractivity contribution is 7.13. The molecule has 20 heavy (non-hydrogen) atoms. The van der Waals surface area contributed by atoms with Crippen LogP contribution in [0.5, 0.6) is 0 Å². The number of carboxylic acid groups (broad SMARTS) is 1. The van der Waals surface area contributed by atoms with Gasteiger partial charge in [-0.2, -0.15) is 0 Å². The Bertz CT molecular complexity index is 599. The lowest BCUT2D eigenvalue weighted by molar-refractivity contribution is 0.0685. The minimum atomic E-state index is -0.905. The normalized spacial score (nSPS) is 10.8. The minimum Gasteiger partial charge on any atom is -0.477 e. The van der Waals surface area contributed by atoms with Crippen molar-refractivity contribution in [3.05, 3.63) is 34.6 Å². The molecule has 0 spiro atoms. The summed E-state index contributed by atoms with van der Waals surface area (Å²) in [4.78, 5) is 18.0. The molecule has 0 fully saturated rings. The Morgan fingerprint density at radius 2 is 2.15 bits per heavy atom. The molecule has 1 N–H and O–H groups in total. The van der Waals surface area contributed by atoms with Crippen LogP contribution in [0.1, 0.15) is 35.6 Å². The van der Waals surface area contributed by atoms with E-state index in [1.165, 1.54) is 0 Å². The van der Waals surface area contributed by atoms with E-state index >= 15 is 0 Å². The number of thiazole rings is 1. The lowest BCUT2D eigenvalue weighted by Crippen LogP contribution is -2.21. The summed E-state index contributed by atoms with van der Waals surface area (Å²) in [6.07, 6.45) is 1.85. The van der Waals surface area contributed by atoms with Gasteiger partial charge in [0, 0.05) is 24.7 Å². The van der Waals surface area contributed by atoms with Crippen molar-refractivity contribution in [2.75, 3.05) is 18.0 Å². The first-order chi connectivity index (χ1) is 9.55. The maximum atomic E-state index is 11.2. The van der Waals surface area contributed by atoms with E-state index in [2.05, 4.69) is 23.7 Å². The third-order valence-electron chi connectivity index (χ3n) is 3.16. The third-order valence-corrected chi connectivity index (χ3v) is 4.11. The summed E-state index contributed by atoms with van der Waals surface area (Å²) in [5, 5.41) is 12.2. The Hall–Kier alpha value is -1.82. The van der Waals surface area contributed by atoms with Gasteiger partial charge in [-0.3, -0.25) is 0 Å². The second-order valence-corrected chi connectivity index (χ2v) is 5.47. The van der Waals surface area contributed by atoms with Crippen LogP contribution in [-0.4, -0.2) is 33.7 Å². The van der Waals surface area contributed by atoms with E-state index in [1.807, 2.05) is 18.5 Å². The fourth-order valence-electron chi connectivity index (χ4n) is 2.15. The number of hydrogen-bond acceptors (Lipinski definition) is 4. The van der Waals surface area contributed by atoms with Gasteiger partial charge in [0.15, 0.2) is 5.13 Å². The highest BCUT2D eigenvalue weighted by Crippen LogP contribution is 2.21. The summed E-state index contributed by atoms with van der Waals surface area (Å²) in [7, 11) is 0. The molecule has 0 saturated carbocycles. The molecule has 0 aliphatic rings. The number of aromatic carboxylic acids is 1. The highest BCUT2D eigenvalue weighted by Gasteiger charge is 2.13. The maximum absolute atomic E-state index is 11.2. The Balaban J connectivity index is 2.20. The molecule has 0 saturated heterocycles. The molecule has 0 aliphatic heterocycles. The quantitative estimate of drug-likeness (QED) is 0.889. The van der Waals surface area contributed by atoms with E-state index in [-0.39, 0.29) is 0 Å². The average molecular weight is 293 g/mol. The molecule has 2 aromatic heterocycles. The Morgan fingerprint density at radius 3 is 2.75 bits per heavy atom.